The number of halogens is 1. The van der Waals surface area contributed by atoms with Gasteiger partial charge in [0.15, 0.2) is 0 Å². The van der Waals surface area contributed by atoms with Crippen molar-refractivity contribution in [2.45, 2.75) is 38.4 Å². The van der Waals surface area contributed by atoms with Crippen LogP contribution in [0.2, 0.25) is 0 Å². The number of nitrogens with zero attached hydrogens (tertiary/aromatic N) is 5. The molecule has 2 aliphatic rings. The van der Waals surface area contributed by atoms with E-state index in [0.29, 0.717) is 44.6 Å². The summed E-state index contributed by atoms with van der Waals surface area (Å²) in [5.41, 5.74) is 7.17. The Balaban J connectivity index is 1.38. The maximum absolute atomic E-state index is 13.8. The highest BCUT2D eigenvalue weighted by Crippen LogP contribution is 2.48. The van der Waals surface area contributed by atoms with Gasteiger partial charge in [0.1, 0.15) is 40.3 Å². The number of aromatic nitrogens is 4. The van der Waals surface area contributed by atoms with Gasteiger partial charge in [0.05, 0.1) is 16.5 Å². The maximum Gasteiger partial charge on any atom is 0.336 e. The molecule has 2 amide bonds. The van der Waals surface area contributed by atoms with E-state index in [0.717, 1.165) is 6.42 Å². The number of carboxylic acids is 1. The van der Waals surface area contributed by atoms with Gasteiger partial charge in [0.2, 0.25) is 11.8 Å². The number of piperidine rings is 1. The van der Waals surface area contributed by atoms with Gasteiger partial charge < -0.3 is 25.6 Å². The van der Waals surface area contributed by atoms with Gasteiger partial charge in [-0.1, -0.05) is 12.1 Å². The first-order valence-electron chi connectivity index (χ1n) is 11.8. The van der Waals surface area contributed by atoms with E-state index in [1.165, 1.54) is 6.07 Å². The lowest BCUT2D eigenvalue weighted by molar-refractivity contribution is -0.138. The van der Waals surface area contributed by atoms with Crippen molar-refractivity contribution >= 4 is 67.3 Å². The first-order valence-corrected chi connectivity index (χ1v) is 12.5. The number of rotatable bonds is 5. The standard InChI is InChI=1S/C25H22BrN7O4/c1-11-28-22(27)21-20-13(25(36)37)4-2-5-14(20)32(23(21)29-11)10-19(34)33-15-8-12(15)9-16(33)24(35)31-18-7-3-6-17(26)30-18/h2-7,12,15-16H,8-10H2,1H3,(H,36,37)(H2,27,28,29)(H,30,31,35)/t12-,15-,16+/m1/s1. The average molecular weight is 564 g/mol. The second kappa shape index (κ2) is 8.51. The summed E-state index contributed by atoms with van der Waals surface area (Å²) in [6.45, 7) is 1.56. The molecule has 0 spiro atoms. The van der Waals surface area contributed by atoms with Crippen LogP contribution in [-0.4, -0.2) is 59.4 Å². The molecule has 0 bridgehead atoms. The van der Waals surface area contributed by atoms with Gasteiger partial charge in [0.25, 0.3) is 0 Å². The van der Waals surface area contributed by atoms with Crippen molar-refractivity contribution in [3.8, 4) is 0 Å². The molecule has 1 aliphatic carbocycles. The van der Waals surface area contributed by atoms with Crippen LogP contribution in [-0.2, 0) is 16.1 Å². The number of nitrogens with two attached hydrogens (primary N) is 1. The highest BCUT2D eigenvalue weighted by molar-refractivity contribution is 9.10. The second-order valence-corrected chi connectivity index (χ2v) is 10.2. The molecule has 3 atom stereocenters. The number of aryl methyl sites for hydroxylation is 1. The maximum atomic E-state index is 13.8. The monoisotopic (exact) mass is 563 g/mol. The van der Waals surface area contributed by atoms with Crippen molar-refractivity contribution in [2.24, 2.45) is 5.92 Å². The second-order valence-electron chi connectivity index (χ2n) is 9.40. The van der Waals surface area contributed by atoms with Crippen molar-refractivity contribution in [1.29, 1.82) is 0 Å². The van der Waals surface area contributed by atoms with E-state index >= 15 is 0 Å². The third-order valence-corrected chi connectivity index (χ3v) is 7.50. The molecule has 188 valence electrons. The molecular formula is C25H22BrN7O4. The predicted octanol–water partition coefficient (Wildman–Crippen LogP) is 2.96. The molecule has 4 aromatic rings. The fourth-order valence-electron chi connectivity index (χ4n) is 5.45. The van der Waals surface area contributed by atoms with Gasteiger partial charge in [0, 0.05) is 11.4 Å². The zero-order valence-corrected chi connectivity index (χ0v) is 21.3. The molecule has 37 heavy (non-hydrogen) atoms. The Hall–Kier alpha value is -4.06. The van der Waals surface area contributed by atoms with E-state index < -0.39 is 12.0 Å². The Labute approximate surface area is 218 Å². The van der Waals surface area contributed by atoms with E-state index in [1.807, 2.05) is 0 Å². The van der Waals surface area contributed by atoms with E-state index in [9.17, 15) is 19.5 Å². The highest BCUT2D eigenvalue weighted by atomic mass is 79.9. The molecule has 4 N–H and O–H groups in total. The molecule has 3 aromatic heterocycles. The number of fused-ring (bicyclic) bond motifs is 4. The predicted molar refractivity (Wildman–Crippen MR) is 139 cm³/mol. The molecule has 11 nitrogen and oxygen atoms in total. The minimum Gasteiger partial charge on any atom is -0.478 e. The van der Waals surface area contributed by atoms with Gasteiger partial charge in [-0.15, -0.1) is 0 Å². The van der Waals surface area contributed by atoms with Crippen molar-refractivity contribution in [1.82, 2.24) is 24.4 Å². The van der Waals surface area contributed by atoms with E-state index in [4.69, 9.17) is 5.73 Å². The van der Waals surface area contributed by atoms with Crippen molar-refractivity contribution < 1.29 is 19.5 Å². The minimum atomic E-state index is -1.12. The normalized spacial score (nSPS) is 20.3. The van der Waals surface area contributed by atoms with Crippen LogP contribution in [0.25, 0.3) is 21.9 Å². The highest BCUT2D eigenvalue weighted by Gasteiger charge is 2.56. The average Bonchev–Trinajstić information content (AvgIpc) is 3.39. The number of hydrogen-bond acceptors (Lipinski definition) is 7. The van der Waals surface area contributed by atoms with Crippen LogP contribution < -0.4 is 11.1 Å². The first-order chi connectivity index (χ1) is 17.7. The summed E-state index contributed by atoms with van der Waals surface area (Å²) in [5.74, 6) is -0.416. The lowest BCUT2D eigenvalue weighted by atomic mass is 10.1. The number of anilines is 2. The van der Waals surface area contributed by atoms with Crippen molar-refractivity contribution in [3.05, 3.63) is 52.4 Å². The summed E-state index contributed by atoms with van der Waals surface area (Å²) in [5, 5.41) is 13.4. The van der Waals surface area contributed by atoms with E-state index in [2.05, 4.69) is 36.2 Å². The number of nitrogen functional groups attached to an aromatic ring is 1. The molecule has 1 saturated heterocycles. The van der Waals surface area contributed by atoms with Crippen LogP contribution in [0, 0.1) is 12.8 Å². The number of benzene rings is 1. The number of likely N-dealkylation sites (tertiary alicyclic amines) is 1. The molecule has 4 heterocycles. The van der Waals surface area contributed by atoms with E-state index in [-0.39, 0.29) is 41.7 Å². The number of carboxylic acid groups (broad SMARTS) is 1. The van der Waals surface area contributed by atoms with E-state index in [1.54, 1.807) is 46.7 Å². The zero-order valence-electron chi connectivity index (χ0n) is 19.7. The molecule has 12 heteroatoms. The number of amides is 2. The minimum absolute atomic E-state index is 0.00261. The molecule has 6 rings (SSSR count). The number of carbonyl (C=O) groups excluding carboxylic acids is 2. The van der Waals surface area contributed by atoms with Crippen LogP contribution >= 0.6 is 15.9 Å². The van der Waals surface area contributed by atoms with Crippen LogP contribution in [0.5, 0.6) is 0 Å². The summed E-state index contributed by atoms with van der Waals surface area (Å²) in [6, 6.07) is 9.44. The molecule has 2 fully saturated rings. The van der Waals surface area contributed by atoms with Crippen LogP contribution in [0.4, 0.5) is 11.6 Å². The van der Waals surface area contributed by atoms with Crippen LogP contribution in [0.1, 0.15) is 29.0 Å². The van der Waals surface area contributed by atoms with Gasteiger partial charge in [-0.3, -0.25) is 9.59 Å². The van der Waals surface area contributed by atoms with Crippen molar-refractivity contribution in [3.63, 3.8) is 0 Å². The van der Waals surface area contributed by atoms with Crippen LogP contribution in [0.15, 0.2) is 41.0 Å². The Morgan fingerprint density at radius 2 is 1.89 bits per heavy atom. The molecule has 0 unspecified atom stereocenters. The summed E-state index contributed by atoms with van der Waals surface area (Å²) in [6.07, 6.45) is 1.44. The number of carbonyl (C=O) groups is 3. The Bertz CT molecular complexity index is 1630. The van der Waals surface area contributed by atoms with Gasteiger partial charge in [-0.25, -0.2) is 19.7 Å². The van der Waals surface area contributed by atoms with Gasteiger partial charge in [-0.2, -0.15) is 0 Å². The summed E-state index contributed by atoms with van der Waals surface area (Å²) in [7, 11) is 0. The zero-order chi connectivity index (χ0) is 26.0. The van der Waals surface area contributed by atoms with Crippen LogP contribution in [0.3, 0.4) is 0 Å². The smallest absolute Gasteiger partial charge is 0.336 e. The summed E-state index contributed by atoms with van der Waals surface area (Å²) in [4.78, 5) is 53.6. The Kier molecular flexibility index (Phi) is 5.37. The molecule has 1 aromatic carbocycles. The topological polar surface area (TPSA) is 156 Å². The Morgan fingerprint density at radius 3 is 2.65 bits per heavy atom. The fraction of sp³-hybridized carbons (Fsp3) is 0.280. The quantitative estimate of drug-likeness (QED) is 0.313. The van der Waals surface area contributed by atoms with Crippen molar-refractivity contribution in [2.75, 3.05) is 11.1 Å². The fourth-order valence-corrected chi connectivity index (χ4v) is 5.79. The number of aromatic carboxylic acids is 1. The Morgan fingerprint density at radius 1 is 1.11 bits per heavy atom. The first kappa shape index (κ1) is 23.3. The molecular weight excluding hydrogens is 542 g/mol. The lowest BCUT2D eigenvalue weighted by Crippen LogP contribution is -2.46. The number of hydrogen-bond donors (Lipinski definition) is 3. The molecule has 0 radical (unpaired) electrons. The molecule has 1 saturated carbocycles. The van der Waals surface area contributed by atoms with Gasteiger partial charge in [-0.05, 0) is 65.9 Å². The SMILES string of the molecule is Cc1nc(N)c2c3c(C(=O)O)cccc3n(CC(=O)N3[C@@H]4C[C@@H]4C[C@H]3C(=O)Nc3cccc(Br)n3)c2n1. The number of pyridine rings is 1. The summed E-state index contributed by atoms with van der Waals surface area (Å²) < 4.78 is 2.27. The summed E-state index contributed by atoms with van der Waals surface area (Å²) >= 11 is 3.30. The lowest BCUT2D eigenvalue weighted by Gasteiger charge is -2.27. The number of nitrogens with one attached hydrogen (secondary N) is 1. The van der Waals surface area contributed by atoms with Gasteiger partial charge >= 0.3 is 5.97 Å². The third kappa shape index (κ3) is 3.88. The molecule has 1 aliphatic heterocycles. The third-order valence-electron chi connectivity index (χ3n) is 7.05. The largest absolute Gasteiger partial charge is 0.478 e.